The largest absolute Gasteiger partial charge is 0.376 e. The molecule has 4 rings (SSSR count). The summed E-state index contributed by atoms with van der Waals surface area (Å²) in [6, 6.07) is 2.56. The van der Waals surface area contributed by atoms with Crippen molar-refractivity contribution in [2.24, 2.45) is 5.73 Å². The van der Waals surface area contributed by atoms with Crippen LogP contribution in [0.15, 0.2) is 11.2 Å². The molecule has 0 aromatic carbocycles. The van der Waals surface area contributed by atoms with E-state index in [9.17, 15) is 9.59 Å². The highest BCUT2D eigenvalue weighted by molar-refractivity contribution is 7.99. The highest BCUT2D eigenvalue weighted by atomic mass is 32.2. The van der Waals surface area contributed by atoms with Crippen LogP contribution in [0.4, 0.5) is 0 Å². The molecule has 162 valence electrons. The number of Topliss-reactive ketones (excluding diaryl/α,β-unsaturated/α-hetero) is 1. The predicted molar refractivity (Wildman–Crippen MR) is 114 cm³/mol. The van der Waals surface area contributed by atoms with Crippen LogP contribution in [0, 0.1) is 13.8 Å². The fourth-order valence-electron chi connectivity index (χ4n) is 4.18. The van der Waals surface area contributed by atoms with Crippen molar-refractivity contribution in [3.63, 3.8) is 0 Å². The van der Waals surface area contributed by atoms with Crippen molar-refractivity contribution in [2.75, 3.05) is 12.4 Å². The molecule has 1 atom stereocenters. The molecule has 2 fully saturated rings. The second kappa shape index (κ2) is 8.93. The Bertz CT molecular complexity index is 941. The Labute approximate surface area is 180 Å². The fourth-order valence-corrected chi connectivity index (χ4v) is 5.03. The molecule has 1 unspecified atom stereocenters. The van der Waals surface area contributed by atoms with Gasteiger partial charge in [0.2, 0.25) is 5.91 Å². The van der Waals surface area contributed by atoms with Crippen LogP contribution < -0.4 is 5.73 Å². The summed E-state index contributed by atoms with van der Waals surface area (Å²) in [5.74, 6) is 0.752. The van der Waals surface area contributed by atoms with Crippen LogP contribution in [0.3, 0.4) is 0 Å². The van der Waals surface area contributed by atoms with Crippen LogP contribution in [-0.4, -0.2) is 49.5 Å². The third-order valence-electron chi connectivity index (χ3n) is 5.83. The lowest BCUT2D eigenvalue weighted by Crippen LogP contribution is -2.19. The van der Waals surface area contributed by atoms with Gasteiger partial charge in [0.05, 0.1) is 18.4 Å². The number of hydrogen-bond donors (Lipinski definition) is 1. The first kappa shape index (κ1) is 21.1. The number of hydrogen-bond acceptors (Lipinski definition) is 6. The molecule has 1 aliphatic carbocycles. The van der Waals surface area contributed by atoms with E-state index in [1.807, 2.05) is 17.6 Å². The third-order valence-corrected chi connectivity index (χ3v) is 6.79. The maximum atomic E-state index is 12.9. The normalized spacial score (nSPS) is 18.8. The Morgan fingerprint density at radius 2 is 2.07 bits per heavy atom. The molecule has 0 bridgehead atoms. The zero-order valence-corrected chi connectivity index (χ0v) is 18.4. The number of thioether (sulfide) groups is 1. The van der Waals surface area contributed by atoms with Crippen LogP contribution in [0.1, 0.15) is 65.7 Å². The van der Waals surface area contributed by atoms with Crippen molar-refractivity contribution < 1.29 is 14.3 Å². The summed E-state index contributed by atoms with van der Waals surface area (Å²) in [6.45, 7) is 5.50. The summed E-state index contributed by atoms with van der Waals surface area (Å²) in [6.07, 6.45) is 5.19. The molecule has 0 spiro atoms. The SMILES string of the molecule is Cc1cc(C(=O)CSc2nnc(CCC(N)=O)n2CC2CCCO2)c(C)n1C1CC1. The summed E-state index contributed by atoms with van der Waals surface area (Å²) < 4.78 is 10.1. The van der Waals surface area contributed by atoms with Gasteiger partial charge >= 0.3 is 0 Å². The first-order valence-corrected chi connectivity index (χ1v) is 11.6. The first-order chi connectivity index (χ1) is 14.4. The average molecular weight is 432 g/mol. The maximum absolute atomic E-state index is 12.9. The van der Waals surface area contributed by atoms with Gasteiger partial charge in [-0.15, -0.1) is 10.2 Å². The third kappa shape index (κ3) is 4.62. The van der Waals surface area contributed by atoms with Gasteiger partial charge in [-0.1, -0.05) is 11.8 Å². The lowest BCUT2D eigenvalue weighted by Gasteiger charge is -2.14. The van der Waals surface area contributed by atoms with Crippen molar-refractivity contribution in [2.45, 2.75) is 76.2 Å². The van der Waals surface area contributed by atoms with Crippen LogP contribution in [0.5, 0.6) is 0 Å². The first-order valence-electron chi connectivity index (χ1n) is 10.6. The number of ether oxygens (including phenoxy) is 1. The summed E-state index contributed by atoms with van der Waals surface area (Å²) in [7, 11) is 0. The van der Waals surface area contributed by atoms with E-state index < -0.39 is 0 Å². The minimum atomic E-state index is -0.364. The lowest BCUT2D eigenvalue weighted by atomic mass is 10.2. The second-order valence-corrected chi connectivity index (χ2v) is 9.15. The van der Waals surface area contributed by atoms with Gasteiger partial charge in [-0.3, -0.25) is 9.59 Å². The Morgan fingerprint density at radius 3 is 2.73 bits per heavy atom. The van der Waals surface area contributed by atoms with Crippen LogP contribution >= 0.6 is 11.8 Å². The summed E-state index contributed by atoms with van der Waals surface area (Å²) in [4.78, 5) is 24.2. The molecule has 9 heteroatoms. The monoisotopic (exact) mass is 431 g/mol. The molecule has 1 saturated heterocycles. The number of carbonyl (C=O) groups excluding carboxylic acids is 2. The molecule has 0 radical (unpaired) electrons. The Balaban J connectivity index is 1.47. The van der Waals surface area contributed by atoms with Crippen molar-refractivity contribution in [1.29, 1.82) is 0 Å². The molecule has 2 N–H and O–H groups in total. The van der Waals surface area contributed by atoms with E-state index in [0.29, 0.717) is 35.7 Å². The van der Waals surface area contributed by atoms with E-state index >= 15 is 0 Å². The standard InChI is InChI=1S/C21H29N5O3S/c1-13-10-17(14(2)26(13)15-5-6-15)18(27)12-30-21-24-23-20(8-7-19(22)28)25(21)11-16-4-3-9-29-16/h10,15-16H,3-9,11-12H2,1-2H3,(H2,22,28). The molecule has 1 aliphatic heterocycles. The number of rotatable bonds is 10. The van der Waals surface area contributed by atoms with Gasteiger partial charge in [0, 0.05) is 42.4 Å². The minimum absolute atomic E-state index is 0.102. The molecule has 2 aliphatic rings. The molecule has 1 saturated carbocycles. The van der Waals surface area contributed by atoms with Gasteiger partial charge in [0.1, 0.15) is 5.82 Å². The Kier molecular flexibility index (Phi) is 6.29. The van der Waals surface area contributed by atoms with Crippen molar-refractivity contribution in [1.82, 2.24) is 19.3 Å². The van der Waals surface area contributed by atoms with Gasteiger partial charge in [-0.2, -0.15) is 0 Å². The van der Waals surface area contributed by atoms with Crippen molar-refractivity contribution >= 4 is 23.5 Å². The summed E-state index contributed by atoms with van der Waals surface area (Å²) in [5, 5.41) is 9.25. The summed E-state index contributed by atoms with van der Waals surface area (Å²) in [5.41, 5.74) is 8.31. The van der Waals surface area contributed by atoms with Gasteiger partial charge < -0.3 is 19.6 Å². The zero-order valence-electron chi connectivity index (χ0n) is 17.6. The van der Waals surface area contributed by atoms with E-state index in [4.69, 9.17) is 10.5 Å². The number of carbonyl (C=O) groups is 2. The topological polar surface area (TPSA) is 105 Å². The highest BCUT2D eigenvalue weighted by Gasteiger charge is 2.28. The fraction of sp³-hybridized carbons (Fsp3) is 0.619. The van der Waals surface area contributed by atoms with Gasteiger partial charge in [-0.05, 0) is 45.6 Å². The Morgan fingerprint density at radius 1 is 1.27 bits per heavy atom. The molecular formula is C21H29N5O3S. The van der Waals surface area contributed by atoms with E-state index in [1.165, 1.54) is 24.6 Å². The number of aryl methyl sites for hydroxylation is 2. The zero-order chi connectivity index (χ0) is 21.3. The van der Waals surface area contributed by atoms with Gasteiger partial charge in [-0.25, -0.2) is 0 Å². The molecule has 3 heterocycles. The molecule has 2 aromatic heterocycles. The lowest BCUT2D eigenvalue weighted by molar-refractivity contribution is -0.118. The summed E-state index contributed by atoms with van der Waals surface area (Å²) >= 11 is 1.40. The van der Waals surface area contributed by atoms with E-state index in [0.717, 1.165) is 36.4 Å². The van der Waals surface area contributed by atoms with Crippen LogP contribution in [-0.2, 0) is 22.5 Å². The maximum Gasteiger partial charge on any atom is 0.217 e. The highest BCUT2D eigenvalue weighted by Crippen LogP contribution is 2.38. The van der Waals surface area contributed by atoms with Gasteiger partial charge in [0.25, 0.3) is 0 Å². The number of primary amides is 1. The number of aromatic nitrogens is 4. The number of nitrogens with two attached hydrogens (primary N) is 1. The molecule has 30 heavy (non-hydrogen) atoms. The van der Waals surface area contributed by atoms with Crippen molar-refractivity contribution in [3.8, 4) is 0 Å². The van der Waals surface area contributed by atoms with Crippen molar-refractivity contribution in [3.05, 3.63) is 28.8 Å². The molecule has 2 aromatic rings. The molecule has 8 nitrogen and oxygen atoms in total. The Hall–Kier alpha value is -2.13. The quantitative estimate of drug-likeness (QED) is 0.458. The van der Waals surface area contributed by atoms with E-state index in [-0.39, 0.29) is 24.2 Å². The number of amides is 1. The van der Waals surface area contributed by atoms with Gasteiger partial charge in [0.15, 0.2) is 10.9 Å². The predicted octanol–water partition coefficient (Wildman–Crippen LogP) is 2.60. The second-order valence-electron chi connectivity index (χ2n) is 8.21. The number of ketones is 1. The van der Waals surface area contributed by atoms with Crippen LogP contribution in [0.2, 0.25) is 0 Å². The number of nitrogens with zero attached hydrogens (tertiary/aromatic N) is 4. The minimum Gasteiger partial charge on any atom is -0.376 e. The molecular weight excluding hydrogens is 402 g/mol. The smallest absolute Gasteiger partial charge is 0.217 e. The molecule has 1 amide bonds. The van der Waals surface area contributed by atoms with Crippen LogP contribution in [0.25, 0.3) is 0 Å². The van der Waals surface area contributed by atoms with E-state index in [2.05, 4.69) is 21.7 Å². The van der Waals surface area contributed by atoms with E-state index in [1.54, 1.807) is 0 Å². The average Bonchev–Trinajstić information content (AvgIpc) is 3.13.